The van der Waals surface area contributed by atoms with Crippen LogP contribution in [-0.4, -0.2) is 47.2 Å². The van der Waals surface area contributed by atoms with E-state index in [1.165, 1.54) is 38.2 Å². The number of anilines is 1. The summed E-state index contributed by atoms with van der Waals surface area (Å²) < 4.78 is 27.4. The number of nitrogens with one attached hydrogen (secondary N) is 1. The van der Waals surface area contributed by atoms with Gasteiger partial charge in [0.05, 0.1) is 27.4 Å². The lowest BCUT2D eigenvalue weighted by Gasteiger charge is -2.19. The van der Waals surface area contributed by atoms with Crippen LogP contribution in [0.5, 0.6) is 23.0 Å². The molecular formula is C25H27NO7Si. The molecule has 2 aromatic rings. The third kappa shape index (κ3) is 4.26. The number of hydrogen-bond donors (Lipinski definition) is 1. The van der Waals surface area contributed by atoms with Crippen LogP contribution < -0.4 is 29.5 Å². The number of carbonyl (C=O) groups is 2. The Morgan fingerprint density at radius 1 is 1.00 bits per heavy atom. The predicted molar refractivity (Wildman–Crippen MR) is 131 cm³/mol. The van der Waals surface area contributed by atoms with Gasteiger partial charge >= 0.3 is 0 Å². The normalized spacial score (nSPS) is 17.5. The van der Waals surface area contributed by atoms with Crippen LogP contribution in [0.4, 0.5) is 5.69 Å². The van der Waals surface area contributed by atoms with Crippen LogP contribution in [0, 0.1) is 6.92 Å². The molecule has 0 saturated carbocycles. The predicted octanol–water partition coefficient (Wildman–Crippen LogP) is 3.33. The molecule has 0 fully saturated rings. The van der Waals surface area contributed by atoms with Gasteiger partial charge in [0.2, 0.25) is 11.9 Å². The van der Waals surface area contributed by atoms with E-state index in [0.717, 1.165) is 5.56 Å². The van der Waals surface area contributed by atoms with Gasteiger partial charge in [0.25, 0.3) is 11.9 Å². The molecule has 34 heavy (non-hydrogen) atoms. The smallest absolute Gasteiger partial charge is 0.289 e. The summed E-state index contributed by atoms with van der Waals surface area (Å²) in [6.07, 6.45) is 1.95. The van der Waals surface area contributed by atoms with Crippen molar-refractivity contribution in [1.82, 2.24) is 0 Å². The zero-order chi connectivity index (χ0) is 24.6. The maximum atomic E-state index is 12.9. The number of hydrogen-bond acceptors (Lipinski definition) is 7. The van der Waals surface area contributed by atoms with E-state index in [2.05, 4.69) is 36.3 Å². The van der Waals surface area contributed by atoms with E-state index in [1.54, 1.807) is 12.1 Å². The van der Waals surface area contributed by atoms with E-state index >= 15 is 0 Å². The first-order valence-electron chi connectivity index (χ1n) is 10.7. The Kier molecular flexibility index (Phi) is 6.14. The number of amides is 1. The lowest BCUT2D eigenvalue weighted by atomic mass is 10.1. The molecule has 2 aliphatic heterocycles. The van der Waals surface area contributed by atoms with Gasteiger partial charge in [-0.2, -0.15) is 0 Å². The second-order valence-corrected chi connectivity index (χ2v) is 12.9. The number of ether oxygens (including phenoxy) is 5. The summed E-state index contributed by atoms with van der Waals surface area (Å²) in [7, 11) is 2.74. The molecular weight excluding hydrogens is 454 g/mol. The minimum Gasteiger partial charge on any atom is -0.496 e. The lowest BCUT2D eigenvalue weighted by molar-refractivity contribution is -0.134. The molecule has 178 valence electrons. The first-order chi connectivity index (χ1) is 16.2. The van der Waals surface area contributed by atoms with Crippen molar-refractivity contribution in [2.24, 2.45) is 0 Å². The SMILES string of the molecule is COc1cc(OC)c(NC(=O)C2OC(Oc3cc4c(cc3C)C=C[Si]4(C)C)=CC2=O)c(OC)c1. The van der Waals surface area contributed by atoms with Crippen LogP contribution in [0.2, 0.25) is 13.1 Å². The van der Waals surface area contributed by atoms with Gasteiger partial charge in [-0.15, -0.1) is 0 Å². The third-order valence-corrected chi connectivity index (χ3v) is 8.71. The summed E-state index contributed by atoms with van der Waals surface area (Å²) in [6, 6.07) is 7.26. The second kappa shape index (κ2) is 8.90. The zero-order valence-corrected chi connectivity index (χ0v) is 21.0. The molecule has 1 amide bonds. The van der Waals surface area contributed by atoms with E-state index in [9.17, 15) is 9.59 Å². The summed E-state index contributed by atoms with van der Waals surface area (Å²) in [5, 5.41) is 3.92. The largest absolute Gasteiger partial charge is 0.496 e. The molecule has 0 aromatic heterocycles. The molecule has 2 heterocycles. The minimum atomic E-state index is -1.67. The standard InChI is InChI=1S/C25H27NO7Si/c1-14-9-15-7-8-34(5,6)21(15)13-18(14)32-22-12-17(27)24(33-22)25(28)26-23-19(30-3)10-16(29-2)11-20(23)31-4/h7-13,24H,1-6H3,(H,26,28). The molecule has 1 unspecified atom stereocenters. The van der Waals surface area contributed by atoms with Gasteiger partial charge in [-0.1, -0.05) is 24.9 Å². The van der Waals surface area contributed by atoms with Crippen molar-refractivity contribution >= 4 is 36.7 Å². The number of ketones is 1. The second-order valence-electron chi connectivity index (χ2n) is 8.62. The molecule has 4 rings (SSSR count). The molecule has 0 bridgehead atoms. The van der Waals surface area contributed by atoms with E-state index in [1.807, 2.05) is 13.0 Å². The molecule has 1 N–H and O–H groups in total. The Morgan fingerprint density at radius 3 is 2.29 bits per heavy atom. The van der Waals surface area contributed by atoms with Gasteiger partial charge in [-0.25, -0.2) is 0 Å². The van der Waals surface area contributed by atoms with Crippen molar-refractivity contribution in [1.29, 1.82) is 0 Å². The monoisotopic (exact) mass is 481 g/mol. The number of rotatable bonds is 7. The highest BCUT2D eigenvalue weighted by Crippen LogP contribution is 2.39. The first-order valence-corrected chi connectivity index (χ1v) is 13.8. The van der Waals surface area contributed by atoms with Crippen molar-refractivity contribution < 1.29 is 33.3 Å². The molecule has 0 radical (unpaired) electrons. The Morgan fingerprint density at radius 2 is 1.68 bits per heavy atom. The van der Waals surface area contributed by atoms with Crippen LogP contribution in [0.3, 0.4) is 0 Å². The average Bonchev–Trinajstić information content (AvgIpc) is 3.32. The third-order valence-electron chi connectivity index (χ3n) is 5.89. The molecule has 0 spiro atoms. The topological polar surface area (TPSA) is 92.3 Å². The number of methoxy groups -OCH3 is 3. The lowest BCUT2D eigenvalue weighted by Crippen LogP contribution is -2.38. The highest BCUT2D eigenvalue weighted by Gasteiger charge is 2.36. The van der Waals surface area contributed by atoms with E-state index in [4.69, 9.17) is 23.7 Å². The minimum absolute atomic E-state index is 0.0210. The number of benzene rings is 2. The molecule has 9 heteroatoms. The summed E-state index contributed by atoms with van der Waals surface area (Å²) in [5.74, 6) is 0.499. The average molecular weight is 482 g/mol. The number of carbonyl (C=O) groups excluding carboxylic acids is 2. The molecule has 2 aliphatic rings. The van der Waals surface area contributed by atoms with Crippen molar-refractivity contribution in [2.45, 2.75) is 26.1 Å². The quantitative estimate of drug-likeness (QED) is 0.479. The molecule has 2 aromatic carbocycles. The first kappa shape index (κ1) is 23.4. The molecule has 0 aliphatic carbocycles. The Balaban J connectivity index is 1.51. The summed E-state index contributed by atoms with van der Waals surface area (Å²) in [6.45, 7) is 6.44. The van der Waals surface area contributed by atoms with Gasteiger partial charge in [-0.3, -0.25) is 9.59 Å². The summed E-state index contributed by atoms with van der Waals surface area (Å²) in [4.78, 5) is 25.5. The Labute approximate surface area is 199 Å². The van der Waals surface area contributed by atoms with E-state index in [0.29, 0.717) is 23.0 Å². The van der Waals surface area contributed by atoms with Crippen LogP contribution in [0.25, 0.3) is 6.08 Å². The van der Waals surface area contributed by atoms with Crippen LogP contribution in [0.1, 0.15) is 11.1 Å². The van der Waals surface area contributed by atoms with Crippen LogP contribution >= 0.6 is 0 Å². The highest BCUT2D eigenvalue weighted by atomic mass is 28.3. The summed E-state index contributed by atoms with van der Waals surface area (Å²) >= 11 is 0. The van der Waals surface area contributed by atoms with Gasteiger partial charge in [-0.05, 0) is 35.4 Å². The van der Waals surface area contributed by atoms with E-state index in [-0.39, 0.29) is 11.6 Å². The van der Waals surface area contributed by atoms with Crippen molar-refractivity contribution in [3.05, 3.63) is 53.1 Å². The summed E-state index contributed by atoms with van der Waals surface area (Å²) in [5.41, 5.74) is 4.64. The zero-order valence-electron chi connectivity index (χ0n) is 20.0. The van der Waals surface area contributed by atoms with Crippen LogP contribution in [-0.2, 0) is 14.3 Å². The maximum Gasteiger partial charge on any atom is 0.289 e. The number of aryl methyl sites for hydroxylation is 1. The molecule has 0 saturated heterocycles. The fourth-order valence-electron chi connectivity index (χ4n) is 3.97. The van der Waals surface area contributed by atoms with E-state index < -0.39 is 25.9 Å². The van der Waals surface area contributed by atoms with Crippen LogP contribution in [0.15, 0.2) is 42.0 Å². The highest BCUT2D eigenvalue weighted by molar-refractivity contribution is 6.96. The van der Waals surface area contributed by atoms with Crippen molar-refractivity contribution in [3.8, 4) is 23.0 Å². The fraction of sp³-hybridized carbons (Fsp3) is 0.280. The Hall–Kier alpha value is -3.72. The maximum absolute atomic E-state index is 12.9. The Bertz CT molecular complexity index is 1210. The molecule has 1 atom stereocenters. The van der Waals surface area contributed by atoms with Gasteiger partial charge in [0.15, 0.2) is 0 Å². The van der Waals surface area contributed by atoms with Gasteiger partial charge in [0.1, 0.15) is 36.8 Å². The van der Waals surface area contributed by atoms with Gasteiger partial charge in [0, 0.05) is 12.1 Å². The molecule has 8 nitrogen and oxygen atoms in total. The number of fused-ring (bicyclic) bond motifs is 1. The fourth-order valence-corrected chi connectivity index (χ4v) is 6.14. The van der Waals surface area contributed by atoms with Crippen molar-refractivity contribution in [2.75, 3.05) is 26.6 Å². The van der Waals surface area contributed by atoms with Crippen molar-refractivity contribution in [3.63, 3.8) is 0 Å². The van der Waals surface area contributed by atoms with Gasteiger partial charge < -0.3 is 29.0 Å².